The number of halogens is 1. The van der Waals surface area contributed by atoms with Gasteiger partial charge in [-0.15, -0.1) is 0 Å². The van der Waals surface area contributed by atoms with Crippen LogP contribution in [0.25, 0.3) is 11.3 Å². The lowest BCUT2D eigenvalue weighted by atomic mass is 10.1. The van der Waals surface area contributed by atoms with Gasteiger partial charge in [0, 0.05) is 18.1 Å². The number of nitrogens with zero attached hydrogens (tertiary/aromatic N) is 2. The van der Waals surface area contributed by atoms with Gasteiger partial charge in [-0.1, -0.05) is 59.4 Å². The fourth-order valence-corrected chi connectivity index (χ4v) is 3.14. The Morgan fingerprint density at radius 1 is 1.19 bits per heavy atom. The molecule has 1 heterocycles. The number of anilines is 2. The summed E-state index contributed by atoms with van der Waals surface area (Å²) in [6, 6.07) is 14.2. The molecule has 0 bridgehead atoms. The molecule has 132 valence electrons. The molecule has 0 fully saturated rings. The van der Waals surface area contributed by atoms with E-state index in [0.29, 0.717) is 21.4 Å². The number of carbonyl (C=O) groups excluding carboxylic acids is 1. The van der Waals surface area contributed by atoms with Gasteiger partial charge < -0.3 is 5.32 Å². The average Bonchev–Trinajstić information content (AvgIpc) is 2.99. The quantitative estimate of drug-likeness (QED) is 0.508. The number of nitrogens with one attached hydrogen (secondary N) is 2. The third-order valence-electron chi connectivity index (χ3n) is 3.51. The second kappa shape index (κ2) is 7.88. The van der Waals surface area contributed by atoms with E-state index in [4.69, 9.17) is 0 Å². The van der Waals surface area contributed by atoms with Crippen molar-refractivity contribution in [3.63, 3.8) is 0 Å². The van der Waals surface area contributed by atoms with E-state index in [1.807, 2.05) is 31.2 Å². The van der Waals surface area contributed by atoms with E-state index in [-0.39, 0.29) is 11.7 Å². The Balaban J connectivity index is 1.85. The minimum absolute atomic E-state index is 0.177. The Morgan fingerprint density at radius 2 is 1.92 bits per heavy atom. The van der Waals surface area contributed by atoms with Gasteiger partial charge in [-0.2, -0.15) is 5.10 Å². The van der Waals surface area contributed by atoms with E-state index in [9.17, 15) is 9.18 Å². The number of carbonyl (C=O) groups is 1. The van der Waals surface area contributed by atoms with Crippen LogP contribution in [0.1, 0.15) is 18.1 Å². The van der Waals surface area contributed by atoms with Crippen molar-refractivity contribution in [3.8, 4) is 11.3 Å². The lowest BCUT2D eigenvalue weighted by Crippen LogP contribution is -2.05. The van der Waals surface area contributed by atoms with E-state index in [1.54, 1.807) is 18.2 Å². The lowest BCUT2D eigenvalue weighted by Gasteiger charge is -2.02. The molecule has 2 aromatic carbocycles. The SMILES string of the molecule is CC(=O)Nc1sc(N/N=C\c2ccccc2F)nc1-c1ccc(C)cc1. The van der Waals surface area contributed by atoms with Crippen LogP contribution in [0.5, 0.6) is 0 Å². The van der Waals surface area contributed by atoms with Crippen molar-refractivity contribution >= 4 is 33.6 Å². The number of amides is 1. The summed E-state index contributed by atoms with van der Waals surface area (Å²) >= 11 is 1.26. The van der Waals surface area contributed by atoms with Crippen molar-refractivity contribution in [1.29, 1.82) is 0 Å². The van der Waals surface area contributed by atoms with Crippen LogP contribution in [0.15, 0.2) is 53.6 Å². The van der Waals surface area contributed by atoms with Crippen molar-refractivity contribution in [3.05, 3.63) is 65.5 Å². The van der Waals surface area contributed by atoms with Gasteiger partial charge in [0.25, 0.3) is 0 Å². The second-order valence-corrected chi connectivity index (χ2v) is 6.63. The van der Waals surface area contributed by atoms with Crippen LogP contribution in [0, 0.1) is 12.7 Å². The van der Waals surface area contributed by atoms with Gasteiger partial charge in [-0.05, 0) is 13.0 Å². The zero-order valence-electron chi connectivity index (χ0n) is 14.3. The molecule has 1 aromatic heterocycles. The monoisotopic (exact) mass is 368 g/mol. The van der Waals surface area contributed by atoms with E-state index in [0.717, 1.165) is 11.1 Å². The molecule has 7 heteroatoms. The van der Waals surface area contributed by atoms with Gasteiger partial charge in [0.05, 0.1) is 6.21 Å². The van der Waals surface area contributed by atoms with Crippen LogP contribution in [0.2, 0.25) is 0 Å². The Morgan fingerprint density at radius 3 is 2.62 bits per heavy atom. The topological polar surface area (TPSA) is 66.4 Å². The van der Waals surface area contributed by atoms with Gasteiger partial charge in [-0.3, -0.25) is 10.2 Å². The van der Waals surface area contributed by atoms with E-state index >= 15 is 0 Å². The zero-order chi connectivity index (χ0) is 18.5. The van der Waals surface area contributed by atoms with Gasteiger partial charge in [-0.25, -0.2) is 9.37 Å². The first-order valence-electron chi connectivity index (χ1n) is 7.92. The molecule has 1 amide bonds. The summed E-state index contributed by atoms with van der Waals surface area (Å²) in [5, 5.41) is 7.95. The number of thiazole rings is 1. The normalized spacial score (nSPS) is 10.9. The average molecular weight is 368 g/mol. The number of hydrogen-bond acceptors (Lipinski definition) is 5. The van der Waals surface area contributed by atoms with Crippen molar-refractivity contribution in [1.82, 2.24) is 4.98 Å². The predicted octanol–water partition coefficient (Wildman–Crippen LogP) is 4.66. The van der Waals surface area contributed by atoms with Crippen LogP contribution in [0.3, 0.4) is 0 Å². The highest BCUT2D eigenvalue weighted by molar-refractivity contribution is 7.20. The molecule has 0 saturated carbocycles. The second-order valence-electron chi connectivity index (χ2n) is 5.64. The molecule has 0 aliphatic heterocycles. The minimum Gasteiger partial charge on any atom is -0.316 e. The minimum atomic E-state index is -0.350. The summed E-state index contributed by atoms with van der Waals surface area (Å²) in [7, 11) is 0. The molecule has 0 unspecified atom stereocenters. The van der Waals surface area contributed by atoms with Gasteiger partial charge >= 0.3 is 0 Å². The highest BCUT2D eigenvalue weighted by Crippen LogP contribution is 2.36. The van der Waals surface area contributed by atoms with E-state index in [2.05, 4.69) is 20.8 Å². The fraction of sp³-hybridized carbons (Fsp3) is 0.105. The first-order chi connectivity index (χ1) is 12.5. The van der Waals surface area contributed by atoms with Gasteiger partial charge in [0.15, 0.2) is 0 Å². The summed E-state index contributed by atoms with van der Waals surface area (Å²) in [6.45, 7) is 3.45. The van der Waals surface area contributed by atoms with Crippen LogP contribution in [-0.2, 0) is 4.79 Å². The maximum Gasteiger partial charge on any atom is 0.221 e. The molecular formula is C19H17FN4OS. The largest absolute Gasteiger partial charge is 0.316 e. The molecule has 3 rings (SSSR count). The Labute approximate surface area is 154 Å². The molecule has 0 aliphatic carbocycles. The first kappa shape index (κ1) is 17.8. The van der Waals surface area contributed by atoms with Crippen molar-refractivity contribution in [2.24, 2.45) is 5.10 Å². The van der Waals surface area contributed by atoms with Crippen LogP contribution in [-0.4, -0.2) is 17.1 Å². The van der Waals surface area contributed by atoms with Crippen molar-refractivity contribution < 1.29 is 9.18 Å². The number of aromatic nitrogens is 1. The molecule has 0 atom stereocenters. The predicted molar refractivity (Wildman–Crippen MR) is 104 cm³/mol. The summed E-state index contributed by atoms with van der Waals surface area (Å²) in [5.41, 5.74) is 5.86. The zero-order valence-corrected chi connectivity index (χ0v) is 15.1. The van der Waals surface area contributed by atoms with Crippen molar-refractivity contribution in [2.75, 3.05) is 10.7 Å². The van der Waals surface area contributed by atoms with Crippen LogP contribution >= 0.6 is 11.3 Å². The number of benzene rings is 2. The maximum absolute atomic E-state index is 13.6. The van der Waals surface area contributed by atoms with Crippen LogP contribution in [0.4, 0.5) is 14.5 Å². The molecule has 2 N–H and O–H groups in total. The maximum atomic E-state index is 13.6. The van der Waals surface area contributed by atoms with Gasteiger partial charge in [0.2, 0.25) is 11.0 Å². The molecule has 5 nitrogen and oxygen atoms in total. The number of hydrogen-bond donors (Lipinski definition) is 2. The smallest absolute Gasteiger partial charge is 0.221 e. The third-order valence-corrected chi connectivity index (χ3v) is 4.39. The van der Waals surface area contributed by atoms with Crippen LogP contribution < -0.4 is 10.7 Å². The van der Waals surface area contributed by atoms with Crippen molar-refractivity contribution in [2.45, 2.75) is 13.8 Å². The van der Waals surface area contributed by atoms with E-state index in [1.165, 1.54) is 30.5 Å². The first-order valence-corrected chi connectivity index (χ1v) is 8.73. The highest BCUT2D eigenvalue weighted by Gasteiger charge is 2.14. The summed E-state index contributed by atoms with van der Waals surface area (Å²) in [6.07, 6.45) is 1.39. The standard InChI is InChI=1S/C19H17FN4OS/c1-12-7-9-14(10-8-12)17-18(22-13(2)25)26-19(23-17)24-21-11-15-5-3-4-6-16(15)20/h3-11H,1-2H3,(H,22,25)(H,23,24)/b21-11-. The molecule has 26 heavy (non-hydrogen) atoms. The number of aryl methyl sites for hydroxylation is 1. The summed E-state index contributed by atoms with van der Waals surface area (Å²) < 4.78 is 13.6. The molecular weight excluding hydrogens is 351 g/mol. The number of hydrazone groups is 1. The Hall–Kier alpha value is -3.06. The van der Waals surface area contributed by atoms with E-state index < -0.39 is 0 Å². The molecule has 0 radical (unpaired) electrons. The third kappa shape index (κ3) is 4.31. The Kier molecular flexibility index (Phi) is 5.38. The number of rotatable bonds is 5. The highest BCUT2D eigenvalue weighted by atomic mass is 32.1. The molecule has 0 saturated heterocycles. The fourth-order valence-electron chi connectivity index (χ4n) is 2.26. The lowest BCUT2D eigenvalue weighted by molar-refractivity contribution is -0.114. The summed E-state index contributed by atoms with van der Waals surface area (Å²) in [5.74, 6) is -0.528. The molecule has 0 spiro atoms. The Bertz CT molecular complexity index is 950. The summed E-state index contributed by atoms with van der Waals surface area (Å²) in [4.78, 5) is 16.0. The molecule has 3 aromatic rings. The molecule has 0 aliphatic rings. The van der Waals surface area contributed by atoms with Gasteiger partial charge in [0.1, 0.15) is 16.5 Å².